The Balaban J connectivity index is 2.18. The number of hydrogen-bond acceptors (Lipinski definition) is 2. The Morgan fingerprint density at radius 2 is 2.11 bits per heavy atom. The largest absolute Gasteiger partial charge is 0.354 e. The molecule has 1 aliphatic rings. The zero-order valence-corrected chi connectivity index (χ0v) is 11.2. The Bertz CT molecular complexity index is 428. The molecule has 0 atom stereocenters. The number of carbonyl (C=O) groups excluding carboxylic acids is 1. The molecule has 98 valence electrons. The van der Waals surface area contributed by atoms with Crippen molar-refractivity contribution in [3.05, 3.63) is 34.9 Å². The van der Waals surface area contributed by atoms with Crippen LogP contribution < -0.4 is 11.1 Å². The fourth-order valence-electron chi connectivity index (χ4n) is 2.78. The number of benzene rings is 1. The van der Waals surface area contributed by atoms with Crippen molar-refractivity contribution in [3.63, 3.8) is 0 Å². The SMILES string of the molecule is NCC(=O)NCC1(c2cccc(Cl)c2)CCCC1. The molecular weight excluding hydrogens is 248 g/mol. The third-order valence-corrected chi connectivity index (χ3v) is 4.04. The first-order valence-corrected chi connectivity index (χ1v) is 6.77. The molecule has 1 aliphatic carbocycles. The molecule has 2 rings (SSSR count). The maximum Gasteiger partial charge on any atom is 0.233 e. The Morgan fingerprint density at radius 3 is 2.72 bits per heavy atom. The molecule has 1 aromatic carbocycles. The lowest BCUT2D eigenvalue weighted by molar-refractivity contribution is -0.120. The summed E-state index contributed by atoms with van der Waals surface area (Å²) in [6, 6.07) is 7.97. The van der Waals surface area contributed by atoms with Crippen molar-refractivity contribution in [1.82, 2.24) is 5.32 Å². The van der Waals surface area contributed by atoms with Crippen LogP contribution in [0.1, 0.15) is 31.2 Å². The summed E-state index contributed by atoms with van der Waals surface area (Å²) in [5.74, 6) is -0.0942. The molecule has 4 heteroatoms. The van der Waals surface area contributed by atoms with Gasteiger partial charge in [-0.15, -0.1) is 0 Å². The molecule has 1 fully saturated rings. The number of carbonyl (C=O) groups is 1. The topological polar surface area (TPSA) is 55.1 Å². The Kier molecular flexibility index (Phi) is 4.25. The molecule has 0 spiro atoms. The van der Waals surface area contributed by atoms with Gasteiger partial charge in [-0.1, -0.05) is 36.6 Å². The third-order valence-electron chi connectivity index (χ3n) is 3.81. The predicted molar refractivity (Wildman–Crippen MR) is 73.7 cm³/mol. The zero-order chi connectivity index (χ0) is 13.0. The molecule has 3 N–H and O–H groups in total. The van der Waals surface area contributed by atoms with E-state index in [-0.39, 0.29) is 17.9 Å². The van der Waals surface area contributed by atoms with Crippen LogP contribution in [0.3, 0.4) is 0 Å². The van der Waals surface area contributed by atoms with Crippen LogP contribution in [0.25, 0.3) is 0 Å². The van der Waals surface area contributed by atoms with Crippen molar-refractivity contribution in [2.75, 3.05) is 13.1 Å². The van der Waals surface area contributed by atoms with E-state index < -0.39 is 0 Å². The van der Waals surface area contributed by atoms with E-state index in [9.17, 15) is 4.79 Å². The second-order valence-electron chi connectivity index (χ2n) is 4.98. The molecule has 3 nitrogen and oxygen atoms in total. The highest BCUT2D eigenvalue weighted by Crippen LogP contribution is 2.41. The molecule has 0 radical (unpaired) electrons. The molecule has 1 aromatic rings. The average Bonchev–Trinajstić information content (AvgIpc) is 2.86. The van der Waals surface area contributed by atoms with Crippen LogP contribution in [-0.2, 0) is 10.2 Å². The van der Waals surface area contributed by atoms with Crippen molar-refractivity contribution in [2.24, 2.45) is 5.73 Å². The second kappa shape index (κ2) is 5.72. The molecule has 0 saturated heterocycles. The molecule has 18 heavy (non-hydrogen) atoms. The molecule has 0 aromatic heterocycles. The van der Waals surface area contributed by atoms with Gasteiger partial charge in [0.15, 0.2) is 0 Å². The molecule has 1 amide bonds. The summed E-state index contributed by atoms with van der Waals surface area (Å²) in [5.41, 5.74) is 6.59. The normalized spacial score (nSPS) is 17.7. The summed E-state index contributed by atoms with van der Waals surface area (Å²) in [5, 5.41) is 3.68. The van der Waals surface area contributed by atoms with Crippen LogP contribution in [-0.4, -0.2) is 19.0 Å². The van der Waals surface area contributed by atoms with Crippen molar-refractivity contribution < 1.29 is 4.79 Å². The van der Waals surface area contributed by atoms with Gasteiger partial charge in [0.05, 0.1) is 6.54 Å². The average molecular weight is 267 g/mol. The van der Waals surface area contributed by atoms with E-state index in [0.29, 0.717) is 6.54 Å². The maximum atomic E-state index is 11.3. The van der Waals surface area contributed by atoms with E-state index in [0.717, 1.165) is 17.9 Å². The van der Waals surface area contributed by atoms with Crippen LogP contribution >= 0.6 is 11.6 Å². The third kappa shape index (κ3) is 2.85. The van der Waals surface area contributed by atoms with Crippen molar-refractivity contribution in [2.45, 2.75) is 31.1 Å². The number of nitrogens with one attached hydrogen (secondary N) is 1. The van der Waals surface area contributed by atoms with Gasteiger partial charge < -0.3 is 11.1 Å². The van der Waals surface area contributed by atoms with Gasteiger partial charge in [0.25, 0.3) is 0 Å². The minimum atomic E-state index is -0.0942. The first-order valence-electron chi connectivity index (χ1n) is 6.39. The number of amides is 1. The van der Waals surface area contributed by atoms with Crippen molar-refractivity contribution >= 4 is 17.5 Å². The number of rotatable bonds is 4. The molecule has 0 heterocycles. The molecule has 0 aliphatic heterocycles. The highest BCUT2D eigenvalue weighted by atomic mass is 35.5. The van der Waals surface area contributed by atoms with Crippen molar-refractivity contribution in [1.29, 1.82) is 0 Å². The van der Waals surface area contributed by atoms with Gasteiger partial charge in [-0.3, -0.25) is 4.79 Å². The van der Waals surface area contributed by atoms with Gasteiger partial charge in [-0.05, 0) is 30.5 Å². The minimum absolute atomic E-state index is 0.0374. The lowest BCUT2D eigenvalue weighted by Crippen LogP contribution is -2.41. The van der Waals surface area contributed by atoms with Crippen LogP contribution in [0.2, 0.25) is 5.02 Å². The zero-order valence-electron chi connectivity index (χ0n) is 10.4. The Morgan fingerprint density at radius 1 is 1.39 bits per heavy atom. The number of hydrogen-bond donors (Lipinski definition) is 2. The minimum Gasteiger partial charge on any atom is -0.354 e. The molecule has 0 unspecified atom stereocenters. The molecule has 0 bridgehead atoms. The summed E-state index contributed by atoms with van der Waals surface area (Å²) in [4.78, 5) is 11.3. The van der Waals surface area contributed by atoms with E-state index in [2.05, 4.69) is 11.4 Å². The van der Waals surface area contributed by atoms with Gasteiger partial charge in [0.1, 0.15) is 0 Å². The fraction of sp³-hybridized carbons (Fsp3) is 0.500. The van der Waals surface area contributed by atoms with Crippen LogP contribution in [0.5, 0.6) is 0 Å². The first-order chi connectivity index (χ1) is 8.66. The van der Waals surface area contributed by atoms with Gasteiger partial charge in [-0.2, -0.15) is 0 Å². The monoisotopic (exact) mass is 266 g/mol. The van der Waals surface area contributed by atoms with Gasteiger partial charge in [-0.25, -0.2) is 0 Å². The van der Waals surface area contributed by atoms with E-state index in [1.54, 1.807) is 0 Å². The van der Waals surface area contributed by atoms with Crippen LogP contribution in [0, 0.1) is 0 Å². The maximum absolute atomic E-state index is 11.3. The van der Waals surface area contributed by atoms with Gasteiger partial charge in [0, 0.05) is 17.0 Å². The van der Waals surface area contributed by atoms with E-state index in [1.165, 1.54) is 18.4 Å². The lowest BCUT2D eigenvalue weighted by atomic mass is 9.79. The predicted octanol–water partition coefficient (Wildman–Crippen LogP) is 2.23. The summed E-state index contributed by atoms with van der Waals surface area (Å²) in [6.45, 7) is 0.703. The lowest BCUT2D eigenvalue weighted by Gasteiger charge is -2.30. The Hall–Kier alpha value is -1.06. The van der Waals surface area contributed by atoms with E-state index >= 15 is 0 Å². The van der Waals surface area contributed by atoms with Gasteiger partial charge >= 0.3 is 0 Å². The first kappa shape index (κ1) is 13.4. The summed E-state index contributed by atoms with van der Waals surface area (Å²) >= 11 is 6.07. The smallest absolute Gasteiger partial charge is 0.233 e. The fourth-order valence-corrected chi connectivity index (χ4v) is 2.97. The summed E-state index contributed by atoms with van der Waals surface area (Å²) < 4.78 is 0. The number of halogens is 1. The highest BCUT2D eigenvalue weighted by Gasteiger charge is 2.35. The van der Waals surface area contributed by atoms with Gasteiger partial charge in [0.2, 0.25) is 5.91 Å². The Labute approximate surface area is 113 Å². The van der Waals surface area contributed by atoms with Crippen LogP contribution in [0.4, 0.5) is 0 Å². The quantitative estimate of drug-likeness (QED) is 0.878. The molecule has 1 saturated carbocycles. The van der Waals surface area contributed by atoms with E-state index in [4.69, 9.17) is 17.3 Å². The van der Waals surface area contributed by atoms with Crippen LogP contribution in [0.15, 0.2) is 24.3 Å². The van der Waals surface area contributed by atoms with Crippen molar-refractivity contribution in [3.8, 4) is 0 Å². The standard InChI is InChI=1S/C14H19ClN2O/c15-12-5-3-4-11(8-12)14(6-1-2-7-14)10-17-13(18)9-16/h3-5,8H,1-2,6-7,9-10,16H2,(H,17,18). The highest BCUT2D eigenvalue weighted by molar-refractivity contribution is 6.30. The number of nitrogens with two attached hydrogens (primary N) is 1. The summed E-state index contributed by atoms with van der Waals surface area (Å²) in [7, 11) is 0. The summed E-state index contributed by atoms with van der Waals surface area (Å²) in [6.07, 6.45) is 4.59. The van der Waals surface area contributed by atoms with E-state index in [1.807, 2.05) is 18.2 Å². The second-order valence-corrected chi connectivity index (χ2v) is 5.42. The molecular formula is C14H19ClN2O.